The molecule has 0 saturated heterocycles. The number of benzene rings is 1. The number of rotatable bonds is 2. The number of imidazole rings is 1. The summed E-state index contributed by atoms with van der Waals surface area (Å²) in [6.07, 6.45) is 0.364. The Bertz CT molecular complexity index is 558. The Morgan fingerprint density at radius 1 is 1.44 bits per heavy atom. The topological polar surface area (TPSA) is 41.6 Å². The van der Waals surface area contributed by atoms with Gasteiger partial charge in [0.1, 0.15) is 5.82 Å². The predicted molar refractivity (Wildman–Crippen MR) is 64.1 cm³/mol. The minimum absolute atomic E-state index is 0.364. The van der Waals surface area contributed by atoms with E-state index in [9.17, 15) is 0 Å². The minimum Gasteiger partial charge on any atom is -0.330 e. The molecule has 0 N–H and O–H groups in total. The van der Waals surface area contributed by atoms with E-state index >= 15 is 0 Å². The number of nitrogens with zero attached hydrogens (tertiary/aromatic N) is 3. The van der Waals surface area contributed by atoms with Gasteiger partial charge in [-0.25, -0.2) is 4.98 Å². The molecule has 1 heterocycles. The van der Waals surface area contributed by atoms with Crippen molar-refractivity contribution in [2.24, 2.45) is 7.05 Å². The van der Waals surface area contributed by atoms with Crippen LogP contribution in [0.15, 0.2) is 18.2 Å². The lowest BCUT2D eigenvalue weighted by Crippen LogP contribution is -1.99. The Kier molecular flexibility index (Phi) is 2.66. The number of aromatic nitrogens is 2. The fourth-order valence-electron chi connectivity index (χ4n) is 2.04. The van der Waals surface area contributed by atoms with Crippen molar-refractivity contribution in [1.29, 1.82) is 5.26 Å². The van der Waals surface area contributed by atoms with Crippen LogP contribution in [0.4, 0.5) is 0 Å². The molecule has 3 heteroatoms. The van der Waals surface area contributed by atoms with Crippen molar-refractivity contribution in [3.8, 4) is 6.07 Å². The molecule has 1 aromatic carbocycles. The van der Waals surface area contributed by atoms with Gasteiger partial charge >= 0.3 is 0 Å². The van der Waals surface area contributed by atoms with Crippen LogP contribution >= 0.6 is 0 Å². The van der Waals surface area contributed by atoms with Gasteiger partial charge < -0.3 is 4.57 Å². The van der Waals surface area contributed by atoms with Crippen molar-refractivity contribution in [2.75, 3.05) is 0 Å². The van der Waals surface area contributed by atoms with Crippen LogP contribution in [-0.4, -0.2) is 9.55 Å². The number of para-hydroxylation sites is 1. The van der Waals surface area contributed by atoms with E-state index in [2.05, 4.69) is 31.0 Å². The molecule has 1 aromatic heterocycles. The van der Waals surface area contributed by atoms with E-state index in [0.717, 1.165) is 16.9 Å². The van der Waals surface area contributed by atoms with Crippen LogP contribution in [-0.2, 0) is 13.5 Å². The molecule has 2 aromatic rings. The van der Waals surface area contributed by atoms with Crippen molar-refractivity contribution >= 4 is 11.0 Å². The molecule has 0 saturated carbocycles. The molecule has 0 fully saturated rings. The molecule has 0 spiro atoms. The Labute approximate surface area is 95.3 Å². The molecule has 0 aliphatic heterocycles. The third kappa shape index (κ3) is 1.57. The quantitative estimate of drug-likeness (QED) is 0.769. The van der Waals surface area contributed by atoms with E-state index in [4.69, 9.17) is 5.26 Å². The number of hydrogen-bond donors (Lipinski definition) is 0. The zero-order valence-electron chi connectivity index (χ0n) is 9.86. The van der Waals surface area contributed by atoms with Gasteiger partial charge in [-0.05, 0) is 17.5 Å². The molecule has 0 amide bonds. The molecule has 0 atom stereocenters. The third-order valence-corrected chi connectivity index (χ3v) is 2.88. The number of aryl methyl sites for hydroxylation is 1. The van der Waals surface area contributed by atoms with Gasteiger partial charge in [0.05, 0.1) is 23.5 Å². The summed E-state index contributed by atoms with van der Waals surface area (Å²) in [4.78, 5) is 4.49. The molecule has 0 radical (unpaired) electrons. The summed E-state index contributed by atoms with van der Waals surface area (Å²) in [6, 6.07) is 8.31. The molecule has 0 aliphatic rings. The van der Waals surface area contributed by atoms with Crippen molar-refractivity contribution in [3.05, 3.63) is 29.6 Å². The number of fused-ring (bicyclic) bond motifs is 1. The molecule has 16 heavy (non-hydrogen) atoms. The summed E-state index contributed by atoms with van der Waals surface area (Å²) in [7, 11) is 1.98. The molecule has 0 unspecified atom stereocenters. The average Bonchev–Trinajstić information content (AvgIpc) is 2.57. The molecule has 3 nitrogen and oxygen atoms in total. The summed E-state index contributed by atoms with van der Waals surface area (Å²) < 4.78 is 2.04. The lowest BCUT2D eigenvalue weighted by molar-refractivity contribution is 0.828. The lowest BCUT2D eigenvalue weighted by Gasteiger charge is -2.08. The van der Waals surface area contributed by atoms with Crippen LogP contribution in [0.2, 0.25) is 0 Å². The first kappa shape index (κ1) is 10.7. The van der Waals surface area contributed by atoms with Gasteiger partial charge in [-0.3, -0.25) is 0 Å². The molecule has 0 aliphatic carbocycles. The molecule has 82 valence electrons. The Balaban J connectivity index is 2.73. The van der Waals surface area contributed by atoms with Crippen LogP contribution in [0.5, 0.6) is 0 Å². The van der Waals surface area contributed by atoms with Gasteiger partial charge in [-0.2, -0.15) is 5.26 Å². The average molecular weight is 213 g/mol. The van der Waals surface area contributed by atoms with Gasteiger partial charge in [0.15, 0.2) is 0 Å². The Hall–Kier alpha value is -1.82. The maximum Gasteiger partial charge on any atom is 0.123 e. The van der Waals surface area contributed by atoms with Gasteiger partial charge in [-0.1, -0.05) is 26.0 Å². The smallest absolute Gasteiger partial charge is 0.123 e. The standard InChI is InChI=1S/C13H15N3/c1-9(2)10-5-4-6-11-13(10)16(3)12(15-11)7-8-14/h4-6,9H,7H2,1-3H3. The second-order valence-electron chi connectivity index (χ2n) is 4.29. The van der Waals surface area contributed by atoms with E-state index in [0.29, 0.717) is 12.3 Å². The molecule has 0 bridgehead atoms. The highest BCUT2D eigenvalue weighted by Crippen LogP contribution is 2.25. The first-order chi connectivity index (χ1) is 7.65. The summed E-state index contributed by atoms with van der Waals surface area (Å²) in [5, 5.41) is 8.74. The summed E-state index contributed by atoms with van der Waals surface area (Å²) in [5.41, 5.74) is 3.43. The summed E-state index contributed by atoms with van der Waals surface area (Å²) in [5.74, 6) is 1.31. The summed E-state index contributed by atoms with van der Waals surface area (Å²) >= 11 is 0. The van der Waals surface area contributed by atoms with Gasteiger partial charge in [0.25, 0.3) is 0 Å². The fourth-order valence-corrected chi connectivity index (χ4v) is 2.04. The normalized spacial score (nSPS) is 10.9. The zero-order chi connectivity index (χ0) is 11.7. The molecular formula is C13H15N3. The fraction of sp³-hybridized carbons (Fsp3) is 0.385. The van der Waals surface area contributed by atoms with Crippen LogP contribution in [0.25, 0.3) is 11.0 Å². The van der Waals surface area contributed by atoms with E-state index in [-0.39, 0.29) is 0 Å². The van der Waals surface area contributed by atoms with Crippen molar-refractivity contribution in [1.82, 2.24) is 9.55 Å². The summed E-state index contributed by atoms with van der Waals surface area (Å²) in [6.45, 7) is 4.34. The monoisotopic (exact) mass is 213 g/mol. The van der Waals surface area contributed by atoms with Crippen molar-refractivity contribution in [2.45, 2.75) is 26.2 Å². The maximum absolute atomic E-state index is 8.74. The maximum atomic E-state index is 8.74. The van der Waals surface area contributed by atoms with Crippen molar-refractivity contribution in [3.63, 3.8) is 0 Å². The zero-order valence-corrected chi connectivity index (χ0v) is 9.86. The molecular weight excluding hydrogens is 198 g/mol. The largest absolute Gasteiger partial charge is 0.330 e. The van der Waals surface area contributed by atoms with Gasteiger partial charge in [0, 0.05) is 7.05 Å². The van der Waals surface area contributed by atoms with Crippen LogP contribution < -0.4 is 0 Å². The second-order valence-corrected chi connectivity index (χ2v) is 4.29. The lowest BCUT2D eigenvalue weighted by atomic mass is 10.0. The number of nitriles is 1. The predicted octanol–water partition coefficient (Wildman–Crippen LogP) is 2.76. The molecule has 2 rings (SSSR count). The highest BCUT2D eigenvalue weighted by molar-refractivity contribution is 5.80. The third-order valence-electron chi connectivity index (χ3n) is 2.88. The van der Waals surface area contributed by atoms with E-state index < -0.39 is 0 Å². The van der Waals surface area contributed by atoms with Crippen molar-refractivity contribution < 1.29 is 0 Å². The Morgan fingerprint density at radius 3 is 2.81 bits per heavy atom. The van der Waals surface area contributed by atoms with E-state index in [1.807, 2.05) is 23.7 Å². The van der Waals surface area contributed by atoms with Crippen LogP contribution in [0.1, 0.15) is 31.2 Å². The first-order valence-corrected chi connectivity index (χ1v) is 5.46. The number of hydrogen-bond acceptors (Lipinski definition) is 2. The highest BCUT2D eigenvalue weighted by Gasteiger charge is 2.12. The van der Waals surface area contributed by atoms with Gasteiger partial charge in [0.2, 0.25) is 0 Å². The van der Waals surface area contributed by atoms with E-state index in [1.165, 1.54) is 5.56 Å². The minimum atomic E-state index is 0.364. The van der Waals surface area contributed by atoms with Crippen LogP contribution in [0.3, 0.4) is 0 Å². The van der Waals surface area contributed by atoms with Gasteiger partial charge in [-0.15, -0.1) is 0 Å². The second kappa shape index (κ2) is 3.97. The SMILES string of the molecule is CC(C)c1cccc2nc(CC#N)n(C)c12. The first-order valence-electron chi connectivity index (χ1n) is 5.46. The highest BCUT2D eigenvalue weighted by atomic mass is 15.1. The van der Waals surface area contributed by atoms with Crippen LogP contribution in [0, 0.1) is 11.3 Å². The Morgan fingerprint density at radius 2 is 2.19 bits per heavy atom. The van der Waals surface area contributed by atoms with E-state index in [1.54, 1.807) is 0 Å².